The van der Waals surface area contributed by atoms with E-state index in [0.29, 0.717) is 23.8 Å². The molecule has 2 aromatic carbocycles. The summed E-state index contributed by atoms with van der Waals surface area (Å²) >= 11 is 0. The van der Waals surface area contributed by atoms with Gasteiger partial charge in [0.25, 0.3) is 11.7 Å². The van der Waals surface area contributed by atoms with E-state index < -0.39 is 35.9 Å². The highest BCUT2D eigenvalue weighted by atomic mass is 19.1. The summed E-state index contributed by atoms with van der Waals surface area (Å²) in [6, 6.07) is 11.1. The molecule has 1 amide bonds. The first-order valence-electron chi connectivity index (χ1n) is 9.72. The number of nitrogens with zero attached hydrogens (tertiary/aromatic N) is 1. The van der Waals surface area contributed by atoms with Crippen LogP contribution in [0, 0.1) is 11.7 Å². The van der Waals surface area contributed by atoms with Crippen molar-refractivity contribution in [3.63, 3.8) is 0 Å². The molecule has 0 aromatic heterocycles. The first-order valence-corrected chi connectivity index (χ1v) is 9.72. The van der Waals surface area contributed by atoms with Crippen LogP contribution < -0.4 is 4.74 Å². The van der Waals surface area contributed by atoms with Crippen molar-refractivity contribution >= 4 is 17.4 Å². The maximum Gasteiger partial charge on any atom is 0.295 e. The second-order valence-corrected chi connectivity index (χ2v) is 7.47. The number of hydrogen-bond acceptors (Lipinski definition) is 5. The van der Waals surface area contributed by atoms with Crippen molar-refractivity contribution in [3.05, 3.63) is 71.0 Å². The summed E-state index contributed by atoms with van der Waals surface area (Å²) in [5.41, 5.74) is 0.160. The second-order valence-electron chi connectivity index (χ2n) is 7.47. The molecule has 0 aliphatic carbocycles. The number of carbonyl (C=O) groups is 2. The number of likely N-dealkylation sites (tertiary alicyclic amines) is 1. The largest absolute Gasteiger partial charge is 0.507 e. The fraction of sp³-hybridized carbons (Fsp3) is 0.304. The summed E-state index contributed by atoms with van der Waals surface area (Å²) in [7, 11) is 0. The van der Waals surface area contributed by atoms with Crippen LogP contribution in [0.4, 0.5) is 4.39 Å². The number of Topliss-reactive ketones (excluding diaryl/α,β-unsaturated/α-hetero) is 1. The van der Waals surface area contributed by atoms with Gasteiger partial charge in [0.15, 0.2) is 0 Å². The summed E-state index contributed by atoms with van der Waals surface area (Å²) in [4.78, 5) is 26.3. The van der Waals surface area contributed by atoms with Gasteiger partial charge in [-0.25, -0.2) is 4.39 Å². The van der Waals surface area contributed by atoms with Gasteiger partial charge in [-0.1, -0.05) is 32.0 Å². The Morgan fingerprint density at radius 1 is 1.13 bits per heavy atom. The number of amides is 1. The minimum Gasteiger partial charge on any atom is -0.507 e. The number of ketones is 1. The molecule has 7 heteroatoms. The Balaban J connectivity index is 2.05. The van der Waals surface area contributed by atoms with Gasteiger partial charge in [-0.15, -0.1) is 0 Å². The molecule has 1 aliphatic heterocycles. The SMILES string of the molecule is CC(C)COc1ccc(/C(O)=C2/C(=O)C(=O)N(CCO)C2c2ccccc2F)cc1. The molecule has 1 saturated heterocycles. The summed E-state index contributed by atoms with van der Waals surface area (Å²) in [5.74, 6) is -1.88. The monoisotopic (exact) mass is 413 g/mol. The van der Waals surface area contributed by atoms with Crippen LogP contribution in [0.1, 0.15) is 31.0 Å². The molecular formula is C23H24FNO5. The molecule has 2 N–H and O–H groups in total. The van der Waals surface area contributed by atoms with Gasteiger partial charge < -0.3 is 19.8 Å². The maximum absolute atomic E-state index is 14.5. The lowest BCUT2D eigenvalue weighted by Crippen LogP contribution is -2.32. The van der Waals surface area contributed by atoms with E-state index in [1.807, 2.05) is 13.8 Å². The van der Waals surface area contributed by atoms with E-state index in [1.54, 1.807) is 30.3 Å². The lowest BCUT2D eigenvalue weighted by atomic mass is 9.95. The van der Waals surface area contributed by atoms with Gasteiger partial charge in [0.2, 0.25) is 0 Å². The van der Waals surface area contributed by atoms with Crippen molar-refractivity contribution < 1.29 is 28.9 Å². The van der Waals surface area contributed by atoms with E-state index in [9.17, 15) is 24.2 Å². The highest BCUT2D eigenvalue weighted by molar-refractivity contribution is 6.46. The van der Waals surface area contributed by atoms with Gasteiger partial charge in [-0.2, -0.15) is 0 Å². The lowest BCUT2D eigenvalue weighted by molar-refractivity contribution is -0.140. The molecule has 1 aliphatic rings. The van der Waals surface area contributed by atoms with E-state index >= 15 is 0 Å². The topological polar surface area (TPSA) is 87.1 Å². The Hall–Kier alpha value is -3.19. The molecule has 1 fully saturated rings. The van der Waals surface area contributed by atoms with Gasteiger partial charge in [0, 0.05) is 17.7 Å². The van der Waals surface area contributed by atoms with E-state index in [-0.39, 0.29) is 17.7 Å². The molecule has 1 atom stereocenters. The molecule has 158 valence electrons. The van der Waals surface area contributed by atoms with Crippen LogP contribution in [0.15, 0.2) is 54.1 Å². The Morgan fingerprint density at radius 3 is 2.40 bits per heavy atom. The van der Waals surface area contributed by atoms with Gasteiger partial charge in [-0.05, 0) is 36.2 Å². The number of halogens is 1. The first-order chi connectivity index (χ1) is 14.3. The average Bonchev–Trinajstić information content (AvgIpc) is 2.97. The third-order valence-corrected chi connectivity index (χ3v) is 4.79. The van der Waals surface area contributed by atoms with Crippen LogP contribution in [-0.2, 0) is 9.59 Å². The zero-order chi connectivity index (χ0) is 21.8. The molecule has 1 unspecified atom stereocenters. The maximum atomic E-state index is 14.5. The lowest BCUT2D eigenvalue weighted by Gasteiger charge is -2.24. The molecule has 30 heavy (non-hydrogen) atoms. The summed E-state index contributed by atoms with van der Waals surface area (Å²) in [6.07, 6.45) is 0. The quantitative estimate of drug-likeness (QED) is 0.413. The van der Waals surface area contributed by atoms with Crippen LogP contribution in [0.2, 0.25) is 0 Å². The molecule has 2 aromatic rings. The number of hydrogen-bond donors (Lipinski definition) is 2. The highest BCUT2D eigenvalue weighted by Gasteiger charge is 2.46. The van der Waals surface area contributed by atoms with Gasteiger partial charge in [0.1, 0.15) is 17.3 Å². The number of benzene rings is 2. The minimum atomic E-state index is -1.13. The van der Waals surface area contributed by atoms with Crippen molar-refractivity contribution in [1.82, 2.24) is 4.90 Å². The van der Waals surface area contributed by atoms with Crippen LogP contribution in [0.25, 0.3) is 5.76 Å². The molecular weight excluding hydrogens is 389 g/mol. The summed E-state index contributed by atoms with van der Waals surface area (Å²) < 4.78 is 20.1. The predicted octanol–water partition coefficient (Wildman–Crippen LogP) is 3.27. The number of β-amino-alcohol motifs (C(OH)–C–C–N with tert-alkyl or cyclic N) is 1. The number of rotatable bonds is 7. The molecule has 0 bridgehead atoms. The van der Waals surface area contributed by atoms with Gasteiger partial charge in [-0.3, -0.25) is 9.59 Å². The molecule has 0 radical (unpaired) electrons. The fourth-order valence-corrected chi connectivity index (χ4v) is 3.37. The van der Waals surface area contributed by atoms with E-state index in [0.717, 1.165) is 4.90 Å². The number of aliphatic hydroxyl groups excluding tert-OH is 2. The van der Waals surface area contributed by atoms with Crippen LogP contribution >= 0.6 is 0 Å². The smallest absolute Gasteiger partial charge is 0.295 e. The zero-order valence-electron chi connectivity index (χ0n) is 16.8. The van der Waals surface area contributed by atoms with Crippen LogP contribution in [0.5, 0.6) is 5.75 Å². The van der Waals surface area contributed by atoms with Crippen molar-refractivity contribution in [2.75, 3.05) is 19.8 Å². The van der Waals surface area contributed by atoms with E-state index in [4.69, 9.17) is 4.74 Å². The zero-order valence-corrected chi connectivity index (χ0v) is 16.8. The summed E-state index contributed by atoms with van der Waals surface area (Å²) in [6.45, 7) is 4.01. The van der Waals surface area contributed by atoms with Gasteiger partial charge >= 0.3 is 0 Å². The highest BCUT2D eigenvalue weighted by Crippen LogP contribution is 2.40. The molecule has 1 heterocycles. The molecule has 0 spiro atoms. The second kappa shape index (κ2) is 9.09. The Bertz CT molecular complexity index is 968. The predicted molar refractivity (Wildman–Crippen MR) is 109 cm³/mol. The van der Waals surface area contributed by atoms with Crippen molar-refractivity contribution in [2.45, 2.75) is 19.9 Å². The standard InChI is InChI=1S/C23H24FNO5/c1-14(2)13-30-16-9-7-15(8-10-16)21(27)19-20(17-5-3-4-6-18(17)24)25(11-12-26)23(29)22(19)28/h3-10,14,20,26-27H,11-13H2,1-2H3/b21-19-. The van der Waals surface area contributed by atoms with E-state index in [1.165, 1.54) is 18.2 Å². The Labute approximate surface area is 174 Å². The average molecular weight is 413 g/mol. The Kier molecular flexibility index (Phi) is 6.52. The van der Waals surface area contributed by atoms with Crippen molar-refractivity contribution in [3.8, 4) is 5.75 Å². The molecule has 6 nitrogen and oxygen atoms in total. The molecule has 3 rings (SSSR count). The third-order valence-electron chi connectivity index (χ3n) is 4.79. The van der Waals surface area contributed by atoms with Gasteiger partial charge in [0.05, 0.1) is 24.8 Å². The molecule has 0 saturated carbocycles. The number of carbonyl (C=O) groups excluding carboxylic acids is 2. The number of ether oxygens (including phenoxy) is 1. The first kappa shape index (κ1) is 21.5. The van der Waals surface area contributed by atoms with Crippen LogP contribution in [0.3, 0.4) is 0 Å². The number of aliphatic hydroxyl groups is 2. The van der Waals surface area contributed by atoms with Crippen molar-refractivity contribution in [2.24, 2.45) is 5.92 Å². The summed E-state index contributed by atoms with van der Waals surface area (Å²) in [5, 5.41) is 20.2. The normalized spacial score (nSPS) is 18.3. The Morgan fingerprint density at radius 2 is 1.80 bits per heavy atom. The minimum absolute atomic E-state index is 0.0728. The van der Waals surface area contributed by atoms with Crippen LogP contribution in [-0.4, -0.2) is 46.6 Å². The van der Waals surface area contributed by atoms with E-state index in [2.05, 4.69) is 0 Å². The third kappa shape index (κ3) is 4.21. The van der Waals surface area contributed by atoms with Crippen molar-refractivity contribution in [1.29, 1.82) is 0 Å². The fourth-order valence-electron chi connectivity index (χ4n) is 3.37.